The number of hydrogen-bond donors (Lipinski definition) is 2. The van der Waals surface area contributed by atoms with Gasteiger partial charge in [0, 0.05) is 43.7 Å². The van der Waals surface area contributed by atoms with E-state index in [2.05, 4.69) is 45.0 Å². The van der Waals surface area contributed by atoms with E-state index in [9.17, 15) is 4.79 Å². The van der Waals surface area contributed by atoms with Gasteiger partial charge in [-0.2, -0.15) is 0 Å². The van der Waals surface area contributed by atoms with Crippen molar-refractivity contribution < 1.29 is 4.79 Å². The minimum Gasteiger partial charge on any atom is -0.352 e. The maximum atomic E-state index is 12.3. The summed E-state index contributed by atoms with van der Waals surface area (Å²) in [5.74, 6) is 0.824. The fourth-order valence-corrected chi connectivity index (χ4v) is 3.33. The molecule has 0 aliphatic carbocycles. The number of nitrogens with one attached hydrogen (secondary N) is 2. The summed E-state index contributed by atoms with van der Waals surface area (Å²) in [5.41, 5.74) is 1.75. The van der Waals surface area contributed by atoms with Gasteiger partial charge < -0.3 is 15.5 Å². The van der Waals surface area contributed by atoms with E-state index < -0.39 is 0 Å². The summed E-state index contributed by atoms with van der Waals surface area (Å²) in [6, 6.07) is 12.1. The predicted octanol–water partition coefficient (Wildman–Crippen LogP) is 3.53. The van der Waals surface area contributed by atoms with Crippen LogP contribution in [0, 0.1) is 0 Å². The fraction of sp³-hybridized carbons (Fsp3) is 0.429. The standard InChI is InChI=1S/C21H30N4OS/c1-5-16(2)24-20(26)18-9-6-8-17(14-18)15-23-21(22-3)25(4)12-11-19-10-7-13-27-19/h6-10,13-14,16H,5,11-12,15H2,1-4H3,(H,22,23)(H,24,26). The molecular formula is C21H30N4OS. The van der Waals surface area contributed by atoms with E-state index in [1.807, 2.05) is 38.2 Å². The number of amides is 1. The minimum atomic E-state index is -0.0244. The molecule has 1 aromatic carbocycles. The first-order valence-corrected chi connectivity index (χ1v) is 10.3. The van der Waals surface area contributed by atoms with Crippen molar-refractivity contribution >= 4 is 23.2 Å². The van der Waals surface area contributed by atoms with Crippen LogP contribution in [0.5, 0.6) is 0 Å². The zero-order valence-electron chi connectivity index (χ0n) is 16.7. The lowest BCUT2D eigenvalue weighted by Crippen LogP contribution is -2.39. The minimum absolute atomic E-state index is 0.0244. The summed E-state index contributed by atoms with van der Waals surface area (Å²) in [7, 11) is 3.83. The SMILES string of the molecule is CCC(C)NC(=O)c1cccc(CNC(=NC)N(C)CCc2cccs2)c1. The predicted molar refractivity (Wildman–Crippen MR) is 115 cm³/mol. The number of nitrogens with zero attached hydrogens (tertiary/aromatic N) is 2. The van der Waals surface area contributed by atoms with E-state index in [-0.39, 0.29) is 11.9 Å². The van der Waals surface area contributed by atoms with Crippen LogP contribution in [0.15, 0.2) is 46.8 Å². The molecule has 5 nitrogen and oxygen atoms in total. The number of hydrogen-bond acceptors (Lipinski definition) is 3. The van der Waals surface area contributed by atoms with Crippen LogP contribution in [0.1, 0.15) is 41.1 Å². The van der Waals surface area contributed by atoms with Gasteiger partial charge in [-0.15, -0.1) is 11.3 Å². The molecule has 0 spiro atoms. The molecule has 1 heterocycles. The topological polar surface area (TPSA) is 56.7 Å². The van der Waals surface area contributed by atoms with E-state index in [1.165, 1.54) is 4.88 Å². The largest absolute Gasteiger partial charge is 0.352 e. The molecule has 146 valence electrons. The molecule has 1 aromatic heterocycles. The first kappa shape index (κ1) is 21.0. The number of rotatable bonds is 8. The van der Waals surface area contributed by atoms with Crippen molar-refractivity contribution in [2.45, 2.75) is 39.3 Å². The molecule has 2 aromatic rings. The van der Waals surface area contributed by atoms with Crippen molar-refractivity contribution in [3.8, 4) is 0 Å². The van der Waals surface area contributed by atoms with Gasteiger partial charge in [0.05, 0.1) is 0 Å². The molecule has 0 saturated heterocycles. The molecule has 0 fully saturated rings. The van der Waals surface area contributed by atoms with E-state index >= 15 is 0 Å². The molecule has 2 rings (SSSR count). The summed E-state index contributed by atoms with van der Waals surface area (Å²) >= 11 is 1.78. The molecule has 0 radical (unpaired) electrons. The third-order valence-electron chi connectivity index (χ3n) is 4.48. The van der Waals surface area contributed by atoms with Crippen molar-refractivity contribution in [1.82, 2.24) is 15.5 Å². The number of benzene rings is 1. The lowest BCUT2D eigenvalue weighted by Gasteiger charge is -2.22. The lowest BCUT2D eigenvalue weighted by atomic mass is 10.1. The molecule has 6 heteroatoms. The smallest absolute Gasteiger partial charge is 0.251 e. The quantitative estimate of drug-likeness (QED) is 0.539. The van der Waals surface area contributed by atoms with Crippen LogP contribution in [-0.2, 0) is 13.0 Å². The number of carbonyl (C=O) groups is 1. The fourth-order valence-electron chi connectivity index (χ4n) is 2.64. The number of aliphatic imine (C=N–C) groups is 1. The summed E-state index contributed by atoms with van der Waals surface area (Å²) in [4.78, 5) is 20.2. The van der Waals surface area contributed by atoms with Crippen LogP contribution < -0.4 is 10.6 Å². The van der Waals surface area contributed by atoms with Gasteiger partial charge in [-0.05, 0) is 48.9 Å². The molecule has 0 aliphatic rings. The summed E-state index contributed by atoms with van der Waals surface area (Å²) in [6.45, 7) is 5.60. The van der Waals surface area contributed by atoms with Crippen LogP contribution in [0.2, 0.25) is 0 Å². The third kappa shape index (κ3) is 6.71. The molecule has 0 aliphatic heterocycles. The Labute approximate surface area is 166 Å². The highest BCUT2D eigenvalue weighted by Crippen LogP contribution is 2.10. The molecule has 2 N–H and O–H groups in total. The Balaban J connectivity index is 1.90. The van der Waals surface area contributed by atoms with Crippen molar-refractivity contribution in [1.29, 1.82) is 0 Å². The van der Waals surface area contributed by atoms with Crippen LogP contribution in [-0.4, -0.2) is 43.4 Å². The van der Waals surface area contributed by atoms with Crippen molar-refractivity contribution in [2.75, 3.05) is 20.6 Å². The Morgan fingerprint density at radius 1 is 1.30 bits per heavy atom. The monoisotopic (exact) mass is 386 g/mol. The highest BCUT2D eigenvalue weighted by Gasteiger charge is 2.10. The zero-order valence-corrected chi connectivity index (χ0v) is 17.5. The Morgan fingerprint density at radius 3 is 2.78 bits per heavy atom. The molecule has 1 unspecified atom stereocenters. The van der Waals surface area contributed by atoms with E-state index in [4.69, 9.17) is 0 Å². The molecule has 1 atom stereocenters. The summed E-state index contributed by atoms with van der Waals surface area (Å²) in [6.07, 6.45) is 1.92. The third-order valence-corrected chi connectivity index (χ3v) is 5.41. The van der Waals surface area contributed by atoms with Gasteiger partial charge >= 0.3 is 0 Å². The van der Waals surface area contributed by atoms with Gasteiger partial charge in [-0.3, -0.25) is 9.79 Å². The molecule has 0 saturated carbocycles. The van der Waals surface area contributed by atoms with Crippen LogP contribution >= 0.6 is 11.3 Å². The van der Waals surface area contributed by atoms with E-state index in [0.29, 0.717) is 12.1 Å². The second-order valence-electron chi connectivity index (χ2n) is 6.63. The molecule has 0 bridgehead atoms. The van der Waals surface area contributed by atoms with Gasteiger partial charge in [0.25, 0.3) is 5.91 Å². The Kier molecular flexibility index (Phi) is 8.33. The van der Waals surface area contributed by atoms with Crippen molar-refractivity contribution in [2.24, 2.45) is 4.99 Å². The Hall–Kier alpha value is -2.34. The molecule has 27 heavy (non-hydrogen) atoms. The van der Waals surface area contributed by atoms with Gasteiger partial charge in [0.15, 0.2) is 5.96 Å². The van der Waals surface area contributed by atoms with Crippen LogP contribution in [0.3, 0.4) is 0 Å². The second-order valence-corrected chi connectivity index (χ2v) is 7.67. The zero-order chi connectivity index (χ0) is 19.6. The van der Waals surface area contributed by atoms with Crippen LogP contribution in [0.4, 0.5) is 0 Å². The van der Waals surface area contributed by atoms with Crippen molar-refractivity contribution in [3.05, 3.63) is 57.8 Å². The highest BCUT2D eigenvalue weighted by molar-refractivity contribution is 7.09. The van der Waals surface area contributed by atoms with Crippen LogP contribution in [0.25, 0.3) is 0 Å². The van der Waals surface area contributed by atoms with Gasteiger partial charge in [0.2, 0.25) is 0 Å². The average molecular weight is 387 g/mol. The summed E-state index contributed by atoms with van der Waals surface area (Å²) < 4.78 is 0. The highest BCUT2D eigenvalue weighted by atomic mass is 32.1. The number of guanidine groups is 1. The number of thiophene rings is 1. The number of carbonyl (C=O) groups excluding carboxylic acids is 1. The average Bonchev–Trinajstić information content (AvgIpc) is 3.20. The van der Waals surface area contributed by atoms with E-state index in [0.717, 1.165) is 30.9 Å². The Bertz CT molecular complexity index is 742. The number of likely N-dealkylation sites (N-methyl/N-ethyl adjacent to an activating group) is 1. The van der Waals surface area contributed by atoms with Crippen molar-refractivity contribution in [3.63, 3.8) is 0 Å². The van der Waals surface area contributed by atoms with Gasteiger partial charge in [0.1, 0.15) is 0 Å². The lowest BCUT2D eigenvalue weighted by molar-refractivity contribution is 0.0939. The molecular weight excluding hydrogens is 356 g/mol. The maximum Gasteiger partial charge on any atom is 0.251 e. The summed E-state index contributed by atoms with van der Waals surface area (Å²) in [5, 5.41) is 8.49. The normalized spacial score (nSPS) is 12.5. The first-order chi connectivity index (χ1) is 13.0. The second kappa shape index (κ2) is 10.7. The maximum absolute atomic E-state index is 12.3. The molecule has 1 amide bonds. The first-order valence-electron chi connectivity index (χ1n) is 9.37. The van der Waals surface area contributed by atoms with Gasteiger partial charge in [-0.1, -0.05) is 25.1 Å². The Morgan fingerprint density at radius 2 is 2.11 bits per heavy atom. The van der Waals surface area contributed by atoms with Gasteiger partial charge in [-0.25, -0.2) is 0 Å². The van der Waals surface area contributed by atoms with E-state index in [1.54, 1.807) is 18.4 Å².